The van der Waals surface area contributed by atoms with Crippen molar-refractivity contribution in [2.24, 2.45) is 0 Å². The molecule has 2 aromatic carbocycles. The number of rotatable bonds is 3. The van der Waals surface area contributed by atoms with Crippen molar-refractivity contribution < 1.29 is 9.90 Å². The predicted octanol–water partition coefficient (Wildman–Crippen LogP) is 3.80. The van der Waals surface area contributed by atoms with Gasteiger partial charge in [-0.1, -0.05) is 42.5 Å². The standard InChI is InChI=1S/C21H15N3O2/c1-13-17(11-22)19(15-8-5-9-16(10-15)21(25)26)18(12-23)20(24-13)14-6-3-2-4-7-14/h2-10,19,24H,1H3,(H,25,26). The van der Waals surface area contributed by atoms with Crippen LogP contribution >= 0.6 is 0 Å². The Morgan fingerprint density at radius 1 is 1.04 bits per heavy atom. The summed E-state index contributed by atoms with van der Waals surface area (Å²) in [5, 5.41) is 31.9. The van der Waals surface area contributed by atoms with Crippen LogP contribution in [-0.4, -0.2) is 11.1 Å². The van der Waals surface area contributed by atoms with Crippen LogP contribution in [0.2, 0.25) is 0 Å². The zero-order chi connectivity index (χ0) is 18.7. The highest BCUT2D eigenvalue weighted by atomic mass is 16.4. The molecule has 0 spiro atoms. The second-order valence-corrected chi connectivity index (χ2v) is 5.91. The van der Waals surface area contributed by atoms with Crippen LogP contribution in [-0.2, 0) is 0 Å². The van der Waals surface area contributed by atoms with Crippen LogP contribution in [0.1, 0.15) is 34.3 Å². The lowest BCUT2D eigenvalue weighted by atomic mass is 9.80. The topological polar surface area (TPSA) is 96.9 Å². The van der Waals surface area contributed by atoms with Crippen LogP contribution in [0.15, 0.2) is 71.4 Å². The molecule has 1 heterocycles. The molecule has 1 aliphatic heterocycles. The van der Waals surface area contributed by atoms with Crippen molar-refractivity contribution >= 4 is 11.7 Å². The highest BCUT2D eigenvalue weighted by Gasteiger charge is 2.31. The minimum Gasteiger partial charge on any atom is -0.478 e. The molecule has 1 unspecified atom stereocenters. The van der Waals surface area contributed by atoms with Crippen molar-refractivity contribution in [2.45, 2.75) is 12.8 Å². The van der Waals surface area contributed by atoms with Gasteiger partial charge in [0.1, 0.15) is 0 Å². The van der Waals surface area contributed by atoms with Crippen LogP contribution in [0.25, 0.3) is 5.70 Å². The molecule has 1 atom stereocenters. The van der Waals surface area contributed by atoms with E-state index in [0.29, 0.717) is 28.1 Å². The first kappa shape index (κ1) is 17.0. The fourth-order valence-electron chi connectivity index (χ4n) is 3.11. The number of nitrogens with zero attached hydrogens (tertiary/aromatic N) is 2. The molecule has 5 nitrogen and oxygen atoms in total. The van der Waals surface area contributed by atoms with Gasteiger partial charge in [-0.2, -0.15) is 10.5 Å². The minimum absolute atomic E-state index is 0.120. The quantitative estimate of drug-likeness (QED) is 0.885. The molecular weight excluding hydrogens is 326 g/mol. The molecule has 0 radical (unpaired) electrons. The molecule has 0 bridgehead atoms. The maximum absolute atomic E-state index is 11.3. The van der Waals surface area contributed by atoms with Gasteiger partial charge < -0.3 is 10.4 Å². The summed E-state index contributed by atoms with van der Waals surface area (Å²) in [7, 11) is 0. The highest BCUT2D eigenvalue weighted by molar-refractivity contribution is 5.88. The number of allylic oxidation sites excluding steroid dienone is 3. The van der Waals surface area contributed by atoms with Gasteiger partial charge in [0.15, 0.2) is 0 Å². The van der Waals surface area contributed by atoms with Crippen molar-refractivity contribution in [1.82, 2.24) is 5.32 Å². The Kier molecular flexibility index (Phi) is 4.55. The normalized spacial score (nSPS) is 16.5. The molecule has 2 N–H and O–H groups in total. The third-order valence-corrected chi connectivity index (χ3v) is 4.33. The number of carboxylic acid groups (broad SMARTS) is 1. The van der Waals surface area contributed by atoms with Crippen LogP contribution in [0.3, 0.4) is 0 Å². The van der Waals surface area contributed by atoms with Gasteiger partial charge in [-0.05, 0) is 30.2 Å². The Morgan fingerprint density at radius 3 is 2.35 bits per heavy atom. The molecule has 126 valence electrons. The molecule has 0 saturated heterocycles. The maximum atomic E-state index is 11.3. The molecule has 2 aromatic rings. The lowest BCUT2D eigenvalue weighted by molar-refractivity contribution is 0.0696. The number of nitriles is 2. The van der Waals surface area contributed by atoms with E-state index in [9.17, 15) is 20.4 Å². The third-order valence-electron chi connectivity index (χ3n) is 4.33. The molecule has 26 heavy (non-hydrogen) atoms. The second-order valence-electron chi connectivity index (χ2n) is 5.91. The summed E-state index contributed by atoms with van der Waals surface area (Å²) in [5.74, 6) is -1.66. The molecule has 0 aromatic heterocycles. The van der Waals surface area contributed by atoms with Crippen LogP contribution in [0.5, 0.6) is 0 Å². The van der Waals surface area contributed by atoms with Gasteiger partial charge >= 0.3 is 5.97 Å². The van der Waals surface area contributed by atoms with Gasteiger partial charge in [0.2, 0.25) is 0 Å². The molecule has 0 fully saturated rings. The van der Waals surface area contributed by atoms with Crippen molar-refractivity contribution in [1.29, 1.82) is 10.5 Å². The average molecular weight is 341 g/mol. The summed E-state index contributed by atoms with van der Waals surface area (Å²) in [6, 6.07) is 20.2. The summed E-state index contributed by atoms with van der Waals surface area (Å²) in [5.41, 5.74) is 3.64. The molecule has 0 saturated carbocycles. The van der Waals surface area contributed by atoms with E-state index >= 15 is 0 Å². The SMILES string of the molecule is CC1=C(C#N)C(c2cccc(C(=O)O)c2)C(C#N)=C(c2ccccc2)N1. The monoisotopic (exact) mass is 341 g/mol. The predicted molar refractivity (Wildman–Crippen MR) is 96.6 cm³/mol. The van der Waals surface area contributed by atoms with E-state index in [-0.39, 0.29) is 5.56 Å². The number of carboxylic acids is 1. The largest absolute Gasteiger partial charge is 0.478 e. The van der Waals surface area contributed by atoms with Gasteiger partial charge in [-0.3, -0.25) is 0 Å². The molecule has 0 amide bonds. The minimum atomic E-state index is -1.05. The zero-order valence-corrected chi connectivity index (χ0v) is 14.0. The first-order chi connectivity index (χ1) is 12.6. The summed E-state index contributed by atoms with van der Waals surface area (Å²) in [6.45, 7) is 1.78. The van der Waals surface area contributed by atoms with Crippen LogP contribution in [0, 0.1) is 22.7 Å². The van der Waals surface area contributed by atoms with Crippen LogP contribution < -0.4 is 5.32 Å². The molecule has 3 rings (SSSR count). The first-order valence-corrected chi connectivity index (χ1v) is 7.97. The van der Waals surface area contributed by atoms with E-state index in [1.165, 1.54) is 12.1 Å². The Bertz CT molecular complexity index is 1020. The van der Waals surface area contributed by atoms with Gasteiger partial charge in [0.05, 0.1) is 40.5 Å². The first-order valence-electron chi connectivity index (χ1n) is 7.97. The van der Waals surface area contributed by atoms with E-state index in [2.05, 4.69) is 17.5 Å². The number of dihydropyridines is 1. The lowest BCUT2D eigenvalue weighted by Gasteiger charge is -2.28. The highest BCUT2D eigenvalue weighted by Crippen LogP contribution is 2.40. The fourth-order valence-corrected chi connectivity index (χ4v) is 3.11. The van der Waals surface area contributed by atoms with Crippen molar-refractivity contribution in [2.75, 3.05) is 0 Å². The van der Waals surface area contributed by atoms with Crippen molar-refractivity contribution in [3.63, 3.8) is 0 Å². The van der Waals surface area contributed by atoms with Crippen molar-refractivity contribution in [3.05, 3.63) is 88.1 Å². The Morgan fingerprint density at radius 2 is 1.73 bits per heavy atom. The van der Waals surface area contributed by atoms with E-state index in [1.54, 1.807) is 19.1 Å². The molecule has 0 aliphatic carbocycles. The van der Waals surface area contributed by atoms with Crippen LogP contribution in [0.4, 0.5) is 0 Å². The Labute approximate surface area is 151 Å². The molecule has 5 heteroatoms. The third kappa shape index (κ3) is 2.94. The van der Waals surface area contributed by atoms with E-state index in [1.807, 2.05) is 30.3 Å². The number of benzene rings is 2. The Balaban J connectivity index is 2.25. The smallest absolute Gasteiger partial charge is 0.335 e. The van der Waals surface area contributed by atoms with Gasteiger partial charge in [0.25, 0.3) is 0 Å². The number of hydrogen-bond acceptors (Lipinski definition) is 4. The fraction of sp³-hybridized carbons (Fsp3) is 0.0952. The maximum Gasteiger partial charge on any atom is 0.335 e. The average Bonchev–Trinajstić information content (AvgIpc) is 2.67. The Hall–Kier alpha value is -3.83. The number of aromatic carboxylic acids is 1. The molecule has 1 aliphatic rings. The summed E-state index contributed by atoms with van der Waals surface area (Å²) >= 11 is 0. The second kappa shape index (κ2) is 6.96. The van der Waals surface area contributed by atoms with Crippen molar-refractivity contribution in [3.8, 4) is 12.1 Å². The van der Waals surface area contributed by atoms with Gasteiger partial charge in [-0.25, -0.2) is 4.79 Å². The number of nitrogens with one attached hydrogen (secondary N) is 1. The lowest BCUT2D eigenvalue weighted by Crippen LogP contribution is -2.24. The van der Waals surface area contributed by atoms with E-state index < -0.39 is 11.9 Å². The van der Waals surface area contributed by atoms with Gasteiger partial charge in [0, 0.05) is 5.70 Å². The van der Waals surface area contributed by atoms with E-state index in [0.717, 1.165) is 5.56 Å². The van der Waals surface area contributed by atoms with E-state index in [4.69, 9.17) is 0 Å². The van der Waals surface area contributed by atoms with Gasteiger partial charge in [-0.15, -0.1) is 0 Å². The summed E-state index contributed by atoms with van der Waals surface area (Å²) in [4.78, 5) is 11.3. The summed E-state index contributed by atoms with van der Waals surface area (Å²) in [6.07, 6.45) is 0. The zero-order valence-electron chi connectivity index (χ0n) is 14.0. The number of hydrogen-bond donors (Lipinski definition) is 2. The number of carbonyl (C=O) groups is 1. The molecular formula is C21H15N3O2. The summed E-state index contributed by atoms with van der Waals surface area (Å²) < 4.78 is 0.